The van der Waals surface area contributed by atoms with E-state index >= 15 is 0 Å². The van der Waals surface area contributed by atoms with Crippen LogP contribution in [0, 0.1) is 0 Å². The number of carbonyl (C=O) groups excluding carboxylic acids is 2. The molecule has 1 rings (SSSR count). The lowest BCUT2D eigenvalue weighted by molar-refractivity contribution is -0.115. The summed E-state index contributed by atoms with van der Waals surface area (Å²) in [7, 11) is 1.54. The zero-order valence-corrected chi connectivity index (χ0v) is 10.6. The fraction of sp³-hybridized carbons (Fsp3) is 0.385. The number of methoxy groups -OCH3 is 1. The van der Waals surface area contributed by atoms with E-state index in [1.807, 2.05) is 0 Å². The minimum Gasteiger partial charge on any atom is -0.460 e. The van der Waals surface area contributed by atoms with Gasteiger partial charge in [-0.15, -0.1) is 0 Å². The van der Waals surface area contributed by atoms with E-state index in [4.69, 9.17) is 9.47 Å². The number of ether oxygens (including phenoxy) is 2. The summed E-state index contributed by atoms with van der Waals surface area (Å²) in [6.07, 6.45) is 0.417. The Morgan fingerprint density at radius 1 is 1.17 bits per heavy atom. The predicted octanol–water partition coefficient (Wildman–Crippen LogP) is 1.84. The summed E-state index contributed by atoms with van der Waals surface area (Å²) in [5, 5.41) is 2.70. The lowest BCUT2D eigenvalue weighted by atomic mass is 10.2. The molecular weight excluding hydrogens is 234 g/mol. The Balaban J connectivity index is 2.54. The second kappa shape index (κ2) is 7.45. The van der Waals surface area contributed by atoms with Crippen LogP contribution in [0.4, 0.5) is 5.69 Å². The number of amides is 1. The molecule has 1 N–H and O–H groups in total. The third-order valence-electron chi connectivity index (χ3n) is 2.25. The summed E-state index contributed by atoms with van der Waals surface area (Å²) in [5.41, 5.74) is 1.11. The molecule has 1 aromatic carbocycles. The van der Waals surface area contributed by atoms with Crippen LogP contribution in [0.5, 0.6) is 0 Å². The molecule has 1 aromatic rings. The van der Waals surface area contributed by atoms with Crippen LogP contribution in [0.25, 0.3) is 0 Å². The summed E-state index contributed by atoms with van der Waals surface area (Å²) in [6, 6.07) is 6.56. The number of carbonyl (C=O) groups is 2. The highest BCUT2D eigenvalue weighted by Crippen LogP contribution is 2.10. The van der Waals surface area contributed by atoms with Gasteiger partial charge in [0.05, 0.1) is 12.2 Å². The molecule has 0 aliphatic carbocycles. The normalized spacial score (nSPS) is 9.89. The smallest absolute Gasteiger partial charge is 0.338 e. The first kappa shape index (κ1) is 14.2. The van der Waals surface area contributed by atoms with Crippen LogP contribution in [-0.2, 0) is 14.3 Å². The number of hydrogen-bond acceptors (Lipinski definition) is 4. The molecule has 0 heterocycles. The van der Waals surface area contributed by atoms with E-state index in [9.17, 15) is 9.59 Å². The quantitative estimate of drug-likeness (QED) is 0.619. The van der Waals surface area contributed by atoms with Crippen molar-refractivity contribution in [1.29, 1.82) is 0 Å². The highest BCUT2D eigenvalue weighted by atomic mass is 16.6. The minimum absolute atomic E-state index is 0.0644. The van der Waals surface area contributed by atoms with Crippen LogP contribution in [0.1, 0.15) is 23.7 Å². The second-order valence-electron chi connectivity index (χ2n) is 3.61. The average molecular weight is 251 g/mol. The molecule has 0 aromatic heterocycles. The van der Waals surface area contributed by atoms with Gasteiger partial charge in [0.15, 0.2) is 0 Å². The standard InChI is InChI=1S/C13H17NO4/c1-3-12(15)14-11-6-4-10(5-7-11)13(16)18-9-8-17-2/h4-7H,3,8-9H2,1-2H3,(H,14,15). The van der Waals surface area contributed by atoms with E-state index in [-0.39, 0.29) is 12.5 Å². The van der Waals surface area contributed by atoms with Crippen LogP contribution in [0.2, 0.25) is 0 Å². The molecule has 0 aliphatic heterocycles. The fourth-order valence-corrected chi connectivity index (χ4v) is 1.24. The van der Waals surface area contributed by atoms with Crippen molar-refractivity contribution in [3.8, 4) is 0 Å². The zero-order chi connectivity index (χ0) is 13.4. The molecular formula is C13H17NO4. The average Bonchev–Trinajstić information content (AvgIpc) is 2.39. The molecule has 1 amide bonds. The van der Waals surface area contributed by atoms with E-state index in [1.165, 1.54) is 0 Å². The summed E-state index contributed by atoms with van der Waals surface area (Å²) in [4.78, 5) is 22.7. The molecule has 0 saturated heterocycles. The first-order valence-corrected chi connectivity index (χ1v) is 5.73. The van der Waals surface area contributed by atoms with E-state index in [0.29, 0.717) is 24.3 Å². The number of hydrogen-bond donors (Lipinski definition) is 1. The van der Waals surface area contributed by atoms with Crippen molar-refractivity contribution in [2.24, 2.45) is 0 Å². The van der Waals surface area contributed by atoms with Gasteiger partial charge in [-0.3, -0.25) is 4.79 Å². The van der Waals surface area contributed by atoms with Crippen LogP contribution in [0.3, 0.4) is 0 Å². The van der Waals surface area contributed by atoms with Crippen LogP contribution in [-0.4, -0.2) is 32.2 Å². The van der Waals surface area contributed by atoms with E-state index in [1.54, 1.807) is 38.3 Å². The van der Waals surface area contributed by atoms with Crippen LogP contribution < -0.4 is 5.32 Å². The monoisotopic (exact) mass is 251 g/mol. The summed E-state index contributed by atoms with van der Waals surface area (Å²) < 4.78 is 9.74. The van der Waals surface area contributed by atoms with Gasteiger partial charge in [0.2, 0.25) is 5.91 Å². The van der Waals surface area contributed by atoms with Crippen molar-refractivity contribution in [3.63, 3.8) is 0 Å². The summed E-state index contributed by atoms with van der Waals surface area (Å²) >= 11 is 0. The molecule has 0 atom stereocenters. The molecule has 0 radical (unpaired) electrons. The van der Waals surface area contributed by atoms with Gasteiger partial charge >= 0.3 is 5.97 Å². The van der Waals surface area contributed by atoms with Crippen molar-refractivity contribution in [2.75, 3.05) is 25.6 Å². The highest BCUT2D eigenvalue weighted by molar-refractivity contribution is 5.92. The SMILES string of the molecule is CCC(=O)Nc1ccc(C(=O)OCCOC)cc1. The number of anilines is 1. The molecule has 0 aliphatic rings. The third kappa shape index (κ3) is 4.55. The molecule has 18 heavy (non-hydrogen) atoms. The summed E-state index contributed by atoms with van der Waals surface area (Å²) in [5.74, 6) is -0.467. The largest absolute Gasteiger partial charge is 0.460 e. The van der Waals surface area contributed by atoms with Gasteiger partial charge in [0, 0.05) is 19.2 Å². The van der Waals surface area contributed by atoms with Crippen molar-refractivity contribution in [3.05, 3.63) is 29.8 Å². The van der Waals surface area contributed by atoms with E-state index in [0.717, 1.165) is 0 Å². The maximum Gasteiger partial charge on any atom is 0.338 e. The maximum absolute atomic E-state index is 11.5. The number of esters is 1. The van der Waals surface area contributed by atoms with Gasteiger partial charge in [-0.05, 0) is 24.3 Å². The first-order chi connectivity index (χ1) is 8.67. The molecule has 0 saturated carbocycles. The number of benzene rings is 1. The number of nitrogens with one attached hydrogen (secondary N) is 1. The van der Waals surface area contributed by atoms with Gasteiger partial charge in [0.1, 0.15) is 6.61 Å². The molecule has 0 fully saturated rings. The molecule has 5 heteroatoms. The van der Waals surface area contributed by atoms with Crippen molar-refractivity contribution in [2.45, 2.75) is 13.3 Å². The Bertz CT molecular complexity index is 400. The molecule has 98 valence electrons. The minimum atomic E-state index is -0.402. The van der Waals surface area contributed by atoms with E-state index in [2.05, 4.69) is 5.32 Å². The van der Waals surface area contributed by atoms with Gasteiger partial charge in [-0.2, -0.15) is 0 Å². The Morgan fingerprint density at radius 3 is 2.39 bits per heavy atom. The third-order valence-corrected chi connectivity index (χ3v) is 2.25. The molecule has 0 unspecified atom stereocenters. The van der Waals surface area contributed by atoms with Crippen LogP contribution in [0.15, 0.2) is 24.3 Å². The van der Waals surface area contributed by atoms with Crippen molar-refractivity contribution < 1.29 is 19.1 Å². The van der Waals surface area contributed by atoms with Gasteiger partial charge in [-0.1, -0.05) is 6.92 Å². The van der Waals surface area contributed by atoms with Gasteiger partial charge in [-0.25, -0.2) is 4.79 Å². The maximum atomic E-state index is 11.5. The predicted molar refractivity (Wildman–Crippen MR) is 67.5 cm³/mol. The Hall–Kier alpha value is -1.88. The topological polar surface area (TPSA) is 64.6 Å². The zero-order valence-electron chi connectivity index (χ0n) is 10.6. The van der Waals surface area contributed by atoms with Gasteiger partial charge in [0.25, 0.3) is 0 Å². The lowest BCUT2D eigenvalue weighted by Gasteiger charge is -2.06. The Labute approximate surface area is 106 Å². The second-order valence-corrected chi connectivity index (χ2v) is 3.61. The molecule has 0 bridgehead atoms. The van der Waals surface area contributed by atoms with Gasteiger partial charge < -0.3 is 14.8 Å². The molecule has 0 spiro atoms. The Morgan fingerprint density at radius 2 is 1.83 bits per heavy atom. The van der Waals surface area contributed by atoms with Crippen LogP contribution >= 0.6 is 0 Å². The fourth-order valence-electron chi connectivity index (χ4n) is 1.24. The van der Waals surface area contributed by atoms with E-state index < -0.39 is 5.97 Å². The molecule has 5 nitrogen and oxygen atoms in total. The first-order valence-electron chi connectivity index (χ1n) is 5.73. The lowest BCUT2D eigenvalue weighted by Crippen LogP contribution is -2.11. The van der Waals surface area contributed by atoms with Crippen molar-refractivity contribution >= 4 is 17.6 Å². The number of rotatable bonds is 6. The highest BCUT2D eigenvalue weighted by Gasteiger charge is 2.07. The Kier molecular flexibility index (Phi) is 5.87. The summed E-state index contributed by atoms with van der Waals surface area (Å²) in [6.45, 7) is 2.37. The van der Waals surface area contributed by atoms with Crippen molar-refractivity contribution in [1.82, 2.24) is 0 Å².